The van der Waals surface area contributed by atoms with Crippen LogP contribution in [0, 0.1) is 6.92 Å². The van der Waals surface area contributed by atoms with Crippen molar-refractivity contribution in [1.82, 2.24) is 4.98 Å². The van der Waals surface area contributed by atoms with E-state index >= 15 is 0 Å². The van der Waals surface area contributed by atoms with Crippen LogP contribution in [0.4, 0.5) is 11.4 Å². The minimum atomic E-state index is 0.795. The van der Waals surface area contributed by atoms with Crippen LogP contribution < -0.4 is 10.6 Å². The molecule has 0 radical (unpaired) electrons. The van der Waals surface area contributed by atoms with Gasteiger partial charge in [-0.3, -0.25) is 4.98 Å². The minimum Gasteiger partial charge on any atom is -0.399 e. The van der Waals surface area contributed by atoms with E-state index in [1.807, 2.05) is 30.5 Å². The third kappa shape index (κ3) is 2.80. The number of hydrogen-bond acceptors (Lipinski definition) is 3. The number of aryl methyl sites for hydroxylation is 1. The van der Waals surface area contributed by atoms with E-state index in [2.05, 4.69) is 35.9 Å². The number of nitrogens with two attached hydrogens (primary N) is 1. The molecule has 1 aromatic carbocycles. The number of aromatic nitrogens is 1. The molecule has 0 saturated carbocycles. The molecule has 0 aliphatic heterocycles. The summed E-state index contributed by atoms with van der Waals surface area (Å²) >= 11 is 0. The summed E-state index contributed by atoms with van der Waals surface area (Å²) in [5.74, 6) is 0. The van der Waals surface area contributed by atoms with Gasteiger partial charge in [-0.1, -0.05) is 12.1 Å². The lowest BCUT2D eigenvalue weighted by Crippen LogP contribution is -2.23. The summed E-state index contributed by atoms with van der Waals surface area (Å²) in [7, 11) is 0. The zero-order valence-electron chi connectivity index (χ0n) is 10.9. The molecule has 2 aromatic rings. The van der Waals surface area contributed by atoms with Crippen molar-refractivity contribution in [2.75, 3.05) is 17.2 Å². The number of benzene rings is 1. The maximum atomic E-state index is 5.83. The van der Waals surface area contributed by atoms with Crippen LogP contribution in [0.1, 0.15) is 18.2 Å². The van der Waals surface area contributed by atoms with Crippen molar-refractivity contribution >= 4 is 11.4 Å². The summed E-state index contributed by atoms with van der Waals surface area (Å²) in [5.41, 5.74) is 10.1. The molecule has 94 valence electrons. The predicted octanol–water partition coefficient (Wildman–Crippen LogP) is 3.00. The smallest absolute Gasteiger partial charge is 0.0626 e. The predicted molar refractivity (Wildman–Crippen MR) is 76.6 cm³/mol. The quantitative estimate of drug-likeness (QED) is 0.837. The highest BCUT2D eigenvalue weighted by molar-refractivity contribution is 5.56. The summed E-state index contributed by atoms with van der Waals surface area (Å²) < 4.78 is 0. The molecule has 1 aromatic heterocycles. The molecule has 3 nitrogen and oxygen atoms in total. The van der Waals surface area contributed by atoms with Gasteiger partial charge in [-0.05, 0) is 43.7 Å². The fourth-order valence-electron chi connectivity index (χ4n) is 1.97. The van der Waals surface area contributed by atoms with Crippen molar-refractivity contribution in [3.63, 3.8) is 0 Å². The first-order chi connectivity index (χ1) is 8.70. The molecular formula is C15H19N3. The molecule has 1 heterocycles. The Morgan fingerprint density at radius 3 is 2.72 bits per heavy atom. The van der Waals surface area contributed by atoms with E-state index in [-0.39, 0.29) is 0 Å². The van der Waals surface area contributed by atoms with Gasteiger partial charge in [0, 0.05) is 24.1 Å². The molecule has 2 rings (SSSR count). The lowest BCUT2D eigenvalue weighted by atomic mass is 10.2. The molecule has 0 spiro atoms. The van der Waals surface area contributed by atoms with Gasteiger partial charge >= 0.3 is 0 Å². The topological polar surface area (TPSA) is 42.2 Å². The van der Waals surface area contributed by atoms with Crippen molar-refractivity contribution in [2.45, 2.75) is 20.4 Å². The first-order valence-electron chi connectivity index (χ1n) is 6.21. The number of pyridine rings is 1. The summed E-state index contributed by atoms with van der Waals surface area (Å²) in [5, 5.41) is 0. The molecule has 0 amide bonds. The normalized spacial score (nSPS) is 10.3. The number of nitrogens with zero attached hydrogens (tertiary/aromatic N) is 2. The van der Waals surface area contributed by atoms with Gasteiger partial charge < -0.3 is 10.6 Å². The second-order valence-corrected chi connectivity index (χ2v) is 4.38. The van der Waals surface area contributed by atoms with E-state index in [0.717, 1.165) is 30.2 Å². The molecule has 0 aliphatic carbocycles. The number of nitrogen functional groups attached to an aromatic ring is 1. The molecule has 2 N–H and O–H groups in total. The van der Waals surface area contributed by atoms with E-state index in [4.69, 9.17) is 5.73 Å². The second-order valence-electron chi connectivity index (χ2n) is 4.38. The first-order valence-corrected chi connectivity index (χ1v) is 6.21. The summed E-state index contributed by atoms with van der Waals surface area (Å²) in [6, 6.07) is 12.0. The average Bonchev–Trinajstić information content (AvgIpc) is 2.38. The fraction of sp³-hybridized carbons (Fsp3) is 0.267. The van der Waals surface area contributed by atoms with E-state index in [0.29, 0.717) is 0 Å². The Kier molecular flexibility index (Phi) is 3.82. The van der Waals surface area contributed by atoms with E-state index in [9.17, 15) is 0 Å². The lowest BCUT2D eigenvalue weighted by molar-refractivity contribution is 0.803. The van der Waals surface area contributed by atoms with Crippen molar-refractivity contribution in [1.29, 1.82) is 0 Å². The molecule has 0 aliphatic rings. The van der Waals surface area contributed by atoms with Crippen molar-refractivity contribution < 1.29 is 0 Å². The monoisotopic (exact) mass is 241 g/mol. The van der Waals surface area contributed by atoms with Gasteiger partial charge in [0.1, 0.15) is 0 Å². The Hall–Kier alpha value is -2.03. The third-order valence-electron chi connectivity index (χ3n) is 3.08. The first kappa shape index (κ1) is 12.4. The Bertz CT molecular complexity index is 523. The van der Waals surface area contributed by atoms with Gasteiger partial charge in [-0.2, -0.15) is 0 Å². The van der Waals surface area contributed by atoms with Crippen LogP contribution in [0.25, 0.3) is 0 Å². The van der Waals surface area contributed by atoms with Crippen LogP contribution in [0.15, 0.2) is 42.6 Å². The molecule has 3 heteroatoms. The van der Waals surface area contributed by atoms with Crippen molar-refractivity contribution in [3.8, 4) is 0 Å². The number of hydrogen-bond donors (Lipinski definition) is 1. The maximum Gasteiger partial charge on any atom is 0.0626 e. The van der Waals surface area contributed by atoms with Gasteiger partial charge in [-0.15, -0.1) is 0 Å². The van der Waals surface area contributed by atoms with Crippen molar-refractivity contribution in [3.05, 3.63) is 53.9 Å². The van der Waals surface area contributed by atoms with E-state index < -0.39 is 0 Å². The molecule has 0 unspecified atom stereocenters. The summed E-state index contributed by atoms with van der Waals surface area (Å²) in [4.78, 5) is 6.71. The number of rotatable bonds is 4. The zero-order valence-corrected chi connectivity index (χ0v) is 10.9. The lowest BCUT2D eigenvalue weighted by Gasteiger charge is -2.23. The standard InChI is InChI=1S/C15H19N3/c1-3-18(14-8-4-7-13(16)10-14)11-15-12(2)6-5-9-17-15/h4-10H,3,11,16H2,1-2H3. The SMILES string of the molecule is CCN(Cc1ncccc1C)c1cccc(N)c1. The van der Waals surface area contributed by atoms with Gasteiger partial charge in [0.2, 0.25) is 0 Å². The Morgan fingerprint density at radius 2 is 2.06 bits per heavy atom. The Balaban J connectivity index is 2.23. The highest BCUT2D eigenvalue weighted by Gasteiger charge is 2.08. The van der Waals surface area contributed by atoms with Crippen molar-refractivity contribution in [2.24, 2.45) is 0 Å². The van der Waals surface area contributed by atoms with Crippen LogP contribution in [0.5, 0.6) is 0 Å². The molecule has 0 atom stereocenters. The highest BCUT2D eigenvalue weighted by atomic mass is 15.1. The molecule has 18 heavy (non-hydrogen) atoms. The Labute approximate surface area is 108 Å². The van der Waals surface area contributed by atoms with Crippen LogP contribution in [-0.2, 0) is 6.54 Å². The third-order valence-corrected chi connectivity index (χ3v) is 3.08. The molecule has 0 fully saturated rings. The second kappa shape index (κ2) is 5.54. The van der Waals surface area contributed by atoms with Gasteiger partial charge in [-0.25, -0.2) is 0 Å². The van der Waals surface area contributed by atoms with Crippen LogP contribution in [0.2, 0.25) is 0 Å². The zero-order chi connectivity index (χ0) is 13.0. The van der Waals surface area contributed by atoms with Crippen LogP contribution in [0.3, 0.4) is 0 Å². The molecule has 0 saturated heterocycles. The average molecular weight is 241 g/mol. The summed E-state index contributed by atoms with van der Waals surface area (Å²) in [6.07, 6.45) is 1.84. The highest BCUT2D eigenvalue weighted by Crippen LogP contribution is 2.19. The summed E-state index contributed by atoms with van der Waals surface area (Å²) in [6.45, 7) is 5.98. The van der Waals surface area contributed by atoms with E-state index in [1.165, 1.54) is 5.56 Å². The van der Waals surface area contributed by atoms with Gasteiger partial charge in [0.15, 0.2) is 0 Å². The van der Waals surface area contributed by atoms with E-state index in [1.54, 1.807) is 0 Å². The molecular weight excluding hydrogens is 222 g/mol. The maximum absolute atomic E-state index is 5.83. The van der Waals surface area contributed by atoms with Crippen LogP contribution in [-0.4, -0.2) is 11.5 Å². The largest absolute Gasteiger partial charge is 0.399 e. The van der Waals surface area contributed by atoms with Gasteiger partial charge in [0.05, 0.1) is 12.2 Å². The van der Waals surface area contributed by atoms with Crippen LogP contribution >= 0.6 is 0 Å². The van der Waals surface area contributed by atoms with Gasteiger partial charge in [0.25, 0.3) is 0 Å². The fourth-order valence-corrected chi connectivity index (χ4v) is 1.97. The number of anilines is 2. The Morgan fingerprint density at radius 1 is 1.22 bits per heavy atom. The minimum absolute atomic E-state index is 0.795. The molecule has 0 bridgehead atoms.